The zero-order valence-corrected chi connectivity index (χ0v) is 7.04. The molecule has 0 aliphatic carbocycles. The van der Waals surface area contributed by atoms with Crippen molar-refractivity contribution in [3.8, 4) is 0 Å². The van der Waals surface area contributed by atoms with Crippen LogP contribution in [0.3, 0.4) is 0 Å². The van der Waals surface area contributed by atoms with Gasteiger partial charge >= 0.3 is 0 Å². The second-order valence-corrected chi connectivity index (χ2v) is 2.88. The van der Waals surface area contributed by atoms with Crippen molar-refractivity contribution in [1.82, 2.24) is 5.32 Å². The zero-order valence-electron chi connectivity index (χ0n) is 4.07. The first-order valence-electron chi connectivity index (χ1n) is 1.97. The van der Waals surface area contributed by atoms with Crippen molar-refractivity contribution in [1.29, 1.82) is 0 Å². The van der Waals surface area contributed by atoms with Crippen LogP contribution in [0, 0.1) is 0 Å². The molecule has 0 spiro atoms. The van der Waals surface area contributed by atoms with Gasteiger partial charge in [-0.1, -0.05) is 34.8 Å². The van der Waals surface area contributed by atoms with Crippen LogP contribution in [0.25, 0.3) is 0 Å². The molecule has 1 radical (unpaired) electrons. The molecule has 0 saturated carbocycles. The summed E-state index contributed by atoms with van der Waals surface area (Å²) in [6.07, 6.45) is 0. The van der Waals surface area contributed by atoms with Crippen molar-refractivity contribution < 1.29 is 0 Å². The van der Waals surface area contributed by atoms with Gasteiger partial charge in [0.2, 0.25) is 0 Å². The van der Waals surface area contributed by atoms with Crippen LogP contribution in [0.4, 0.5) is 0 Å². The molecule has 0 fully saturated rings. The van der Waals surface area contributed by atoms with Crippen LogP contribution in [0.2, 0.25) is 0 Å². The van der Waals surface area contributed by atoms with E-state index in [4.69, 9.17) is 0 Å². The number of thiocarbonyl (C=S) groups is 1. The Morgan fingerprint density at radius 2 is 2.57 bits per heavy atom. The lowest BCUT2D eigenvalue weighted by atomic mass is 10.5. The summed E-state index contributed by atoms with van der Waals surface area (Å²) in [7, 11) is 1.90. The highest BCUT2D eigenvalue weighted by molar-refractivity contribution is 14.1. The van der Waals surface area contributed by atoms with Gasteiger partial charge in [0.1, 0.15) is 0 Å². The van der Waals surface area contributed by atoms with E-state index >= 15 is 0 Å². The fourth-order valence-corrected chi connectivity index (χ4v) is 0.745. The summed E-state index contributed by atoms with van der Waals surface area (Å²) in [6.45, 7) is 0.921. The molecule has 1 unspecified atom stereocenters. The SMILES string of the molecule is CNCC(I)[C]=S. The lowest BCUT2D eigenvalue weighted by Gasteiger charge is -1.96. The topological polar surface area (TPSA) is 12.0 Å². The largest absolute Gasteiger partial charge is 0.318 e. The van der Waals surface area contributed by atoms with Crippen LogP contribution < -0.4 is 5.32 Å². The number of rotatable bonds is 3. The van der Waals surface area contributed by atoms with Gasteiger partial charge in [-0.3, -0.25) is 0 Å². The van der Waals surface area contributed by atoms with Gasteiger partial charge in [0.25, 0.3) is 0 Å². The van der Waals surface area contributed by atoms with Gasteiger partial charge in [-0.25, -0.2) is 0 Å². The van der Waals surface area contributed by atoms with Crippen molar-refractivity contribution in [2.24, 2.45) is 0 Å². The summed E-state index contributed by atoms with van der Waals surface area (Å²) in [6, 6.07) is 0. The summed E-state index contributed by atoms with van der Waals surface area (Å²) in [5.74, 6) is 0. The van der Waals surface area contributed by atoms with E-state index in [1.807, 2.05) is 7.05 Å². The molecule has 1 N–H and O–H groups in total. The van der Waals surface area contributed by atoms with Crippen molar-refractivity contribution in [3.05, 3.63) is 0 Å². The third-order valence-corrected chi connectivity index (χ3v) is 1.97. The van der Waals surface area contributed by atoms with E-state index in [0.29, 0.717) is 3.92 Å². The monoisotopic (exact) mass is 228 g/mol. The van der Waals surface area contributed by atoms with Crippen LogP contribution in [-0.4, -0.2) is 22.9 Å². The molecule has 0 rings (SSSR count). The minimum atomic E-state index is 0.373. The average Bonchev–Trinajstić information content (AvgIpc) is 1.68. The molecule has 0 aromatic heterocycles. The zero-order chi connectivity index (χ0) is 5.70. The molecule has 1 atom stereocenters. The molecule has 0 heterocycles. The van der Waals surface area contributed by atoms with Crippen LogP contribution >= 0.6 is 34.8 Å². The van der Waals surface area contributed by atoms with Gasteiger partial charge in [0.15, 0.2) is 0 Å². The van der Waals surface area contributed by atoms with E-state index < -0.39 is 0 Å². The fourth-order valence-electron chi connectivity index (χ4n) is 0.221. The third-order valence-electron chi connectivity index (χ3n) is 0.511. The summed E-state index contributed by atoms with van der Waals surface area (Å²) < 4.78 is 0.373. The lowest BCUT2D eigenvalue weighted by molar-refractivity contribution is 0.853. The molecule has 0 saturated heterocycles. The minimum absolute atomic E-state index is 0.373. The first-order valence-corrected chi connectivity index (χ1v) is 3.63. The van der Waals surface area contributed by atoms with Gasteiger partial charge in [0, 0.05) is 11.9 Å². The van der Waals surface area contributed by atoms with Gasteiger partial charge < -0.3 is 5.32 Å². The van der Waals surface area contributed by atoms with Crippen molar-refractivity contribution >= 4 is 40.2 Å². The molecule has 0 aromatic rings. The summed E-state index contributed by atoms with van der Waals surface area (Å²) in [5, 5.41) is 5.66. The Labute approximate surface area is 63.0 Å². The number of alkyl halides is 1. The number of hydrogen-bond acceptors (Lipinski definition) is 2. The highest BCUT2D eigenvalue weighted by Crippen LogP contribution is 1.92. The van der Waals surface area contributed by atoms with E-state index in [2.05, 4.69) is 45.5 Å². The van der Waals surface area contributed by atoms with Crippen molar-refractivity contribution in [2.75, 3.05) is 13.6 Å². The second-order valence-electron chi connectivity index (χ2n) is 1.14. The Kier molecular flexibility index (Phi) is 5.48. The Morgan fingerprint density at radius 1 is 2.00 bits per heavy atom. The molecule has 3 heteroatoms. The smallest absolute Gasteiger partial charge is 0.0597 e. The van der Waals surface area contributed by atoms with E-state index in [1.165, 1.54) is 0 Å². The van der Waals surface area contributed by atoms with Crippen LogP contribution in [0.15, 0.2) is 0 Å². The normalized spacial score (nSPS) is 13.4. The average molecular weight is 228 g/mol. The highest BCUT2D eigenvalue weighted by Gasteiger charge is 1.93. The molecule has 0 aliphatic heterocycles. The van der Waals surface area contributed by atoms with E-state index in [-0.39, 0.29) is 0 Å². The number of nitrogens with one attached hydrogen (secondary N) is 1. The van der Waals surface area contributed by atoms with Crippen molar-refractivity contribution in [2.45, 2.75) is 3.92 Å². The Balaban J connectivity index is 2.98. The van der Waals surface area contributed by atoms with Crippen LogP contribution in [-0.2, 0) is 0 Å². The van der Waals surface area contributed by atoms with Crippen LogP contribution in [0.1, 0.15) is 0 Å². The van der Waals surface area contributed by atoms with E-state index in [1.54, 1.807) is 0 Å². The van der Waals surface area contributed by atoms with E-state index in [0.717, 1.165) is 6.54 Å². The molecule has 0 bridgehead atoms. The lowest BCUT2D eigenvalue weighted by Crippen LogP contribution is -2.18. The fraction of sp³-hybridized carbons (Fsp3) is 0.750. The Bertz CT molecular complexity index is 57.7. The second kappa shape index (κ2) is 4.93. The molecule has 0 amide bonds. The number of hydrogen-bond donors (Lipinski definition) is 1. The Hall–Kier alpha value is 0.780. The van der Waals surface area contributed by atoms with Crippen molar-refractivity contribution in [3.63, 3.8) is 0 Å². The maximum Gasteiger partial charge on any atom is 0.0597 e. The molecule has 0 aromatic carbocycles. The maximum absolute atomic E-state index is 4.54. The quantitative estimate of drug-likeness (QED) is 0.437. The molecule has 41 valence electrons. The van der Waals surface area contributed by atoms with Gasteiger partial charge in [-0.05, 0) is 7.05 Å². The molecular formula is C4H7INS. The number of halogens is 1. The molecule has 1 nitrogen and oxygen atoms in total. The van der Waals surface area contributed by atoms with Crippen LogP contribution in [0.5, 0.6) is 0 Å². The van der Waals surface area contributed by atoms with E-state index in [9.17, 15) is 0 Å². The Morgan fingerprint density at radius 3 is 2.71 bits per heavy atom. The predicted molar refractivity (Wildman–Crippen MR) is 44.3 cm³/mol. The standard InChI is InChI=1S/C4H7INS/c1-6-2-4(5)3-7/h4,6H,2H2,1H3. The third kappa shape index (κ3) is 4.64. The first kappa shape index (κ1) is 7.78. The maximum atomic E-state index is 4.54. The summed E-state index contributed by atoms with van der Waals surface area (Å²) >= 11 is 6.77. The minimum Gasteiger partial charge on any atom is -0.318 e. The predicted octanol–water partition coefficient (Wildman–Crippen LogP) is 0.886. The highest BCUT2D eigenvalue weighted by atomic mass is 127. The summed E-state index contributed by atoms with van der Waals surface area (Å²) in [4.78, 5) is 0. The van der Waals surface area contributed by atoms with Gasteiger partial charge in [0.05, 0.1) is 3.92 Å². The first-order chi connectivity index (χ1) is 3.31. The van der Waals surface area contributed by atoms with Gasteiger partial charge in [-0.15, -0.1) is 0 Å². The molecule has 0 aliphatic rings. The molecule has 7 heavy (non-hydrogen) atoms. The molecular weight excluding hydrogens is 221 g/mol. The van der Waals surface area contributed by atoms with Gasteiger partial charge in [-0.2, -0.15) is 0 Å². The summed E-state index contributed by atoms with van der Waals surface area (Å²) in [5.41, 5.74) is 0.